The van der Waals surface area contributed by atoms with E-state index in [9.17, 15) is 4.79 Å². The van der Waals surface area contributed by atoms with Crippen molar-refractivity contribution in [1.29, 1.82) is 0 Å². The number of halogens is 1. The fourth-order valence-corrected chi connectivity index (χ4v) is 2.63. The van der Waals surface area contributed by atoms with Crippen molar-refractivity contribution in [2.45, 2.75) is 11.7 Å². The molecule has 8 heteroatoms. The van der Waals surface area contributed by atoms with Gasteiger partial charge in [-0.25, -0.2) is 9.97 Å². The average molecular weight is 361 g/mol. The lowest BCUT2D eigenvalue weighted by Crippen LogP contribution is -2.24. The van der Waals surface area contributed by atoms with Crippen LogP contribution in [-0.2, 0) is 11.3 Å². The second-order valence-corrected chi connectivity index (χ2v) is 6.17. The van der Waals surface area contributed by atoms with E-state index in [1.165, 1.54) is 11.8 Å². The van der Waals surface area contributed by atoms with Gasteiger partial charge in [-0.3, -0.25) is 4.79 Å². The van der Waals surface area contributed by atoms with Gasteiger partial charge in [0.25, 0.3) is 0 Å². The summed E-state index contributed by atoms with van der Waals surface area (Å²) in [6, 6.07) is 10.8. The van der Waals surface area contributed by atoms with Crippen molar-refractivity contribution in [3.8, 4) is 11.3 Å². The van der Waals surface area contributed by atoms with E-state index >= 15 is 0 Å². The number of thioether (sulfide) groups is 1. The highest BCUT2D eigenvalue weighted by Crippen LogP contribution is 2.22. The molecule has 0 unspecified atom stereocenters. The van der Waals surface area contributed by atoms with E-state index in [-0.39, 0.29) is 11.7 Å². The van der Waals surface area contributed by atoms with Crippen LogP contribution in [0.4, 0.5) is 0 Å². The van der Waals surface area contributed by atoms with Gasteiger partial charge < -0.3 is 9.84 Å². The number of carbonyl (C=O) groups is 1. The van der Waals surface area contributed by atoms with E-state index < -0.39 is 0 Å². The predicted molar refractivity (Wildman–Crippen MR) is 91.6 cm³/mol. The zero-order valence-corrected chi connectivity index (χ0v) is 14.0. The smallest absolute Gasteiger partial charge is 0.230 e. The zero-order valence-electron chi connectivity index (χ0n) is 12.5. The molecule has 0 radical (unpaired) electrons. The van der Waals surface area contributed by atoms with Gasteiger partial charge in [0.05, 0.1) is 12.3 Å². The molecule has 2 heterocycles. The van der Waals surface area contributed by atoms with Crippen molar-refractivity contribution in [2.24, 2.45) is 0 Å². The van der Waals surface area contributed by atoms with Gasteiger partial charge in [-0.15, -0.1) is 0 Å². The molecule has 0 spiro atoms. The van der Waals surface area contributed by atoms with Crippen molar-refractivity contribution in [1.82, 2.24) is 20.4 Å². The van der Waals surface area contributed by atoms with Gasteiger partial charge in [-0.1, -0.05) is 28.5 Å². The molecule has 24 heavy (non-hydrogen) atoms. The molecule has 0 aliphatic rings. The quantitative estimate of drug-likeness (QED) is 0.537. The first-order chi connectivity index (χ1) is 11.7. The maximum atomic E-state index is 11.8. The van der Waals surface area contributed by atoms with E-state index in [1.807, 2.05) is 12.1 Å². The second-order valence-electron chi connectivity index (χ2n) is 4.79. The number of nitrogens with zero attached hydrogens (tertiary/aromatic N) is 3. The van der Waals surface area contributed by atoms with Crippen LogP contribution in [0, 0.1) is 0 Å². The number of carbonyl (C=O) groups excluding carboxylic acids is 1. The van der Waals surface area contributed by atoms with Gasteiger partial charge in [0.2, 0.25) is 5.91 Å². The molecule has 0 aliphatic heterocycles. The summed E-state index contributed by atoms with van der Waals surface area (Å²) >= 11 is 7.13. The molecular weight excluding hydrogens is 348 g/mol. The molecule has 2 aromatic heterocycles. The third-order valence-electron chi connectivity index (χ3n) is 3.03. The third kappa shape index (κ3) is 4.56. The van der Waals surface area contributed by atoms with E-state index in [0.717, 1.165) is 5.56 Å². The standard InChI is InChI=1S/C16H13ClN4O2S/c17-12-4-2-11(3-5-12)14-8-13(21-23-14)9-20-15(22)10-24-16-18-6-1-7-19-16/h1-8H,9-10H2,(H,20,22). The van der Waals surface area contributed by atoms with E-state index in [1.54, 1.807) is 36.7 Å². The van der Waals surface area contributed by atoms with Crippen molar-refractivity contribution < 1.29 is 9.32 Å². The van der Waals surface area contributed by atoms with Crippen LogP contribution in [0.3, 0.4) is 0 Å². The molecular formula is C16H13ClN4O2S. The Morgan fingerprint density at radius 3 is 2.71 bits per heavy atom. The number of nitrogens with one attached hydrogen (secondary N) is 1. The number of hydrogen-bond donors (Lipinski definition) is 1. The average Bonchev–Trinajstić information content (AvgIpc) is 3.09. The maximum Gasteiger partial charge on any atom is 0.230 e. The van der Waals surface area contributed by atoms with Crippen molar-refractivity contribution in [3.63, 3.8) is 0 Å². The monoisotopic (exact) mass is 360 g/mol. The fourth-order valence-electron chi connectivity index (χ4n) is 1.88. The summed E-state index contributed by atoms with van der Waals surface area (Å²) < 4.78 is 5.28. The lowest BCUT2D eigenvalue weighted by molar-refractivity contribution is -0.118. The summed E-state index contributed by atoms with van der Waals surface area (Å²) in [5.74, 6) is 0.748. The fraction of sp³-hybridized carbons (Fsp3) is 0.125. The molecule has 0 bridgehead atoms. The molecule has 3 rings (SSSR count). The highest BCUT2D eigenvalue weighted by molar-refractivity contribution is 7.99. The van der Waals surface area contributed by atoms with Crippen molar-refractivity contribution >= 4 is 29.3 Å². The van der Waals surface area contributed by atoms with Crippen LogP contribution in [-0.4, -0.2) is 26.8 Å². The lowest BCUT2D eigenvalue weighted by atomic mass is 10.1. The van der Waals surface area contributed by atoms with Crippen LogP contribution in [0.15, 0.2) is 58.5 Å². The maximum absolute atomic E-state index is 11.8. The number of aromatic nitrogens is 3. The van der Waals surface area contributed by atoms with Crippen LogP contribution in [0.2, 0.25) is 5.02 Å². The van der Waals surface area contributed by atoms with E-state index in [4.69, 9.17) is 16.1 Å². The molecule has 1 N–H and O–H groups in total. The number of amides is 1. The summed E-state index contributed by atoms with van der Waals surface area (Å²) in [6.07, 6.45) is 3.28. The Morgan fingerprint density at radius 2 is 1.96 bits per heavy atom. The number of rotatable bonds is 6. The van der Waals surface area contributed by atoms with Crippen LogP contribution in [0.5, 0.6) is 0 Å². The Labute approximate surface area is 147 Å². The Bertz CT molecular complexity index is 808. The summed E-state index contributed by atoms with van der Waals surface area (Å²) in [6.45, 7) is 0.298. The Balaban J connectivity index is 1.50. The summed E-state index contributed by atoms with van der Waals surface area (Å²) in [4.78, 5) is 19.9. The molecule has 1 amide bonds. The summed E-state index contributed by atoms with van der Waals surface area (Å²) in [7, 11) is 0. The molecule has 3 aromatic rings. The SMILES string of the molecule is O=C(CSc1ncccn1)NCc1cc(-c2ccc(Cl)cc2)on1. The summed E-state index contributed by atoms with van der Waals surface area (Å²) in [5, 5.41) is 7.96. The molecule has 1 aromatic carbocycles. The molecule has 6 nitrogen and oxygen atoms in total. The van der Waals surface area contributed by atoms with Gasteiger partial charge in [0.15, 0.2) is 10.9 Å². The number of hydrogen-bond acceptors (Lipinski definition) is 6. The Hall–Kier alpha value is -2.38. The normalized spacial score (nSPS) is 10.5. The van der Waals surface area contributed by atoms with Gasteiger partial charge in [-0.05, 0) is 30.3 Å². The van der Waals surface area contributed by atoms with Crippen LogP contribution in [0.1, 0.15) is 5.69 Å². The van der Waals surface area contributed by atoms with E-state index in [0.29, 0.717) is 28.2 Å². The minimum atomic E-state index is -0.122. The van der Waals surface area contributed by atoms with Crippen LogP contribution < -0.4 is 5.32 Å². The first-order valence-corrected chi connectivity index (χ1v) is 8.45. The topological polar surface area (TPSA) is 80.9 Å². The first kappa shape index (κ1) is 16.5. The highest BCUT2D eigenvalue weighted by Gasteiger charge is 2.09. The van der Waals surface area contributed by atoms with Gasteiger partial charge in [0.1, 0.15) is 5.69 Å². The van der Waals surface area contributed by atoms with Crippen molar-refractivity contribution in [2.75, 3.05) is 5.75 Å². The second kappa shape index (κ2) is 7.94. The van der Waals surface area contributed by atoms with Crippen LogP contribution in [0.25, 0.3) is 11.3 Å². The molecule has 0 saturated heterocycles. The Kier molecular flexibility index (Phi) is 5.45. The van der Waals surface area contributed by atoms with Gasteiger partial charge in [-0.2, -0.15) is 0 Å². The first-order valence-electron chi connectivity index (χ1n) is 7.09. The molecule has 0 saturated carbocycles. The Morgan fingerprint density at radius 1 is 1.21 bits per heavy atom. The van der Waals surface area contributed by atoms with Gasteiger partial charge in [0, 0.05) is 29.0 Å². The van der Waals surface area contributed by atoms with Crippen molar-refractivity contribution in [3.05, 3.63) is 59.5 Å². The van der Waals surface area contributed by atoms with Crippen LogP contribution >= 0.6 is 23.4 Å². The predicted octanol–water partition coefficient (Wildman–Crippen LogP) is 3.19. The molecule has 122 valence electrons. The van der Waals surface area contributed by atoms with Gasteiger partial charge >= 0.3 is 0 Å². The third-order valence-corrected chi connectivity index (χ3v) is 4.16. The minimum Gasteiger partial charge on any atom is -0.356 e. The lowest BCUT2D eigenvalue weighted by Gasteiger charge is -2.01. The molecule has 0 fully saturated rings. The van der Waals surface area contributed by atoms with E-state index in [2.05, 4.69) is 20.4 Å². The minimum absolute atomic E-state index is 0.122. The summed E-state index contributed by atoms with van der Waals surface area (Å²) in [5.41, 5.74) is 1.52. The molecule has 0 aliphatic carbocycles. The zero-order chi connectivity index (χ0) is 16.8. The largest absolute Gasteiger partial charge is 0.356 e. The highest BCUT2D eigenvalue weighted by atomic mass is 35.5. The number of benzene rings is 1. The molecule has 0 atom stereocenters.